The van der Waals surface area contributed by atoms with Crippen molar-refractivity contribution in [3.8, 4) is 11.5 Å². The summed E-state index contributed by atoms with van der Waals surface area (Å²) in [5, 5.41) is 6.10. The summed E-state index contributed by atoms with van der Waals surface area (Å²) in [5.41, 5.74) is 4.36. The van der Waals surface area contributed by atoms with Gasteiger partial charge >= 0.3 is 0 Å². The minimum Gasteiger partial charge on any atom is -0.493 e. The van der Waals surface area contributed by atoms with Crippen LogP contribution in [0, 0.1) is 13.8 Å². The highest BCUT2D eigenvalue weighted by molar-refractivity contribution is 6.04. The quantitative estimate of drug-likeness (QED) is 0.651. The molecule has 2 aromatic carbocycles. The van der Waals surface area contributed by atoms with Gasteiger partial charge in [0, 0.05) is 29.2 Å². The lowest BCUT2D eigenvalue weighted by atomic mass is 10.1. The molecule has 0 saturated heterocycles. The van der Waals surface area contributed by atoms with Gasteiger partial charge in [0.1, 0.15) is 5.82 Å². The second-order valence-corrected chi connectivity index (χ2v) is 6.38. The molecule has 3 rings (SSSR count). The van der Waals surface area contributed by atoms with Crippen LogP contribution in [0.4, 0.5) is 17.2 Å². The van der Waals surface area contributed by atoms with Gasteiger partial charge in [0.25, 0.3) is 5.91 Å². The van der Waals surface area contributed by atoms with Crippen molar-refractivity contribution in [2.75, 3.05) is 24.9 Å². The highest BCUT2D eigenvalue weighted by atomic mass is 16.5. The van der Waals surface area contributed by atoms with Crippen LogP contribution in [0.15, 0.2) is 54.7 Å². The lowest BCUT2D eigenvalue weighted by molar-refractivity contribution is 0.102. The van der Waals surface area contributed by atoms with E-state index >= 15 is 0 Å². The molecular weight excluding hydrogens is 354 g/mol. The number of aromatic nitrogens is 1. The second kappa shape index (κ2) is 8.43. The van der Waals surface area contributed by atoms with Crippen LogP contribution in [0.5, 0.6) is 11.5 Å². The SMILES string of the molecule is COc1ccc(Nc2cc(C(=O)Nc3ccc(C)c(C)c3)ccn2)cc1OC. The van der Waals surface area contributed by atoms with Crippen LogP contribution in [0.1, 0.15) is 21.5 Å². The summed E-state index contributed by atoms with van der Waals surface area (Å²) in [6, 6.07) is 14.7. The van der Waals surface area contributed by atoms with Gasteiger partial charge in [0.05, 0.1) is 14.2 Å². The first kappa shape index (κ1) is 19.2. The number of hydrogen-bond donors (Lipinski definition) is 2. The van der Waals surface area contributed by atoms with Gasteiger partial charge in [-0.05, 0) is 61.4 Å². The zero-order chi connectivity index (χ0) is 20.1. The standard InChI is InChI=1S/C22H23N3O3/c1-14-5-6-17(11-15(14)2)25-22(26)16-9-10-23-21(12-16)24-18-7-8-19(27-3)20(13-18)28-4/h5-13H,1-4H3,(H,23,24)(H,25,26). The Morgan fingerprint density at radius 2 is 1.61 bits per heavy atom. The van der Waals surface area contributed by atoms with Crippen molar-refractivity contribution >= 4 is 23.1 Å². The molecule has 0 radical (unpaired) electrons. The Kier molecular flexibility index (Phi) is 5.79. The summed E-state index contributed by atoms with van der Waals surface area (Å²) in [7, 11) is 3.17. The molecule has 0 aliphatic carbocycles. The normalized spacial score (nSPS) is 10.3. The highest BCUT2D eigenvalue weighted by Crippen LogP contribution is 2.30. The molecule has 6 heteroatoms. The van der Waals surface area contributed by atoms with Crippen LogP contribution >= 0.6 is 0 Å². The van der Waals surface area contributed by atoms with Crippen LogP contribution in [-0.4, -0.2) is 25.1 Å². The van der Waals surface area contributed by atoms with Crippen LogP contribution in [0.25, 0.3) is 0 Å². The van der Waals surface area contributed by atoms with E-state index < -0.39 is 0 Å². The third-order valence-corrected chi connectivity index (χ3v) is 4.44. The number of nitrogens with one attached hydrogen (secondary N) is 2. The van der Waals surface area contributed by atoms with E-state index in [-0.39, 0.29) is 5.91 Å². The van der Waals surface area contributed by atoms with Crippen molar-refractivity contribution in [1.82, 2.24) is 4.98 Å². The summed E-state index contributed by atoms with van der Waals surface area (Å²) >= 11 is 0. The fourth-order valence-electron chi connectivity index (χ4n) is 2.72. The third kappa shape index (κ3) is 4.40. The number of amides is 1. The largest absolute Gasteiger partial charge is 0.493 e. The molecular formula is C22H23N3O3. The molecule has 1 aromatic heterocycles. The second-order valence-electron chi connectivity index (χ2n) is 6.38. The Bertz CT molecular complexity index is 1000. The molecule has 1 amide bonds. The smallest absolute Gasteiger partial charge is 0.255 e. The zero-order valence-corrected chi connectivity index (χ0v) is 16.4. The summed E-state index contributed by atoms with van der Waals surface area (Å²) < 4.78 is 10.6. The number of carbonyl (C=O) groups is 1. The van der Waals surface area contributed by atoms with E-state index in [1.165, 1.54) is 5.56 Å². The first-order chi connectivity index (χ1) is 13.5. The molecule has 0 fully saturated rings. The van der Waals surface area contributed by atoms with Gasteiger partial charge in [-0.15, -0.1) is 0 Å². The lowest BCUT2D eigenvalue weighted by Gasteiger charge is -2.12. The zero-order valence-electron chi connectivity index (χ0n) is 16.4. The van der Waals surface area contributed by atoms with Crippen molar-refractivity contribution in [2.24, 2.45) is 0 Å². The topological polar surface area (TPSA) is 72.5 Å². The third-order valence-electron chi connectivity index (χ3n) is 4.44. The van der Waals surface area contributed by atoms with E-state index in [0.717, 1.165) is 16.9 Å². The Balaban J connectivity index is 1.76. The van der Waals surface area contributed by atoms with Gasteiger partial charge in [-0.3, -0.25) is 4.79 Å². The Morgan fingerprint density at radius 1 is 0.857 bits per heavy atom. The van der Waals surface area contributed by atoms with Crippen molar-refractivity contribution in [3.63, 3.8) is 0 Å². The van der Waals surface area contributed by atoms with Gasteiger partial charge in [-0.25, -0.2) is 4.98 Å². The van der Waals surface area contributed by atoms with Crippen molar-refractivity contribution in [3.05, 3.63) is 71.4 Å². The maximum absolute atomic E-state index is 12.6. The summed E-state index contributed by atoms with van der Waals surface area (Å²) in [6.07, 6.45) is 1.60. The number of ether oxygens (including phenoxy) is 2. The van der Waals surface area contributed by atoms with E-state index in [1.807, 2.05) is 44.2 Å². The van der Waals surface area contributed by atoms with E-state index in [9.17, 15) is 4.79 Å². The minimum absolute atomic E-state index is 0.194. The van der Waals surface area contributed by atoms with E-state index in [4.69, 9.17) is 9.47 Å². The molecule has 0 aliphatic heterocycles. The fraction of sp³-hybridized carbons (Fsp3) is 0.182. The van der Waals surface area contributed by atoms with Gasteiger partial charge < -0.3 is 20.1 Å². The van der Waals surface area contributed by atoms with Crippen LogP contribution in [0.2, 0.25) is 0 Å². The maximum atomic E-state index is 12.6. The number of carbonyl (C=O) groups excluding carboxylic acids is 1. The number of nitrogens with zero attached hydrogens (tertiary/aromatic N) is 1. The highest BCUT2D eigenvalue weighted by Gasteiger charge is 2.10. The van der Waals surface area contributed by atoms with Crippen molar-refractivity contribution in [2.45, 2.75) is 13.8 Å². The van der Waals surface area contributed by atoms with E-state index in [0.29, 0.717) is 22.9 Å². The van der Waals surface area contributed by atoms with E-state index in [1.54, 1.807) is 38.6 Å². The lowest BCUT2D eigenvalue weighted by Crippen LogP contribution is -2.12. The number of pyridine rings is 1. The number of hydrogen-bond acceptors (Lipinski definition) is 5. The fourth-order valence-corrected chi connectivity index (χ4v) is 2.72. The molecule has 2 N–H and O–H groups in total. The molecule has 1 heterocycles. The molecule has 0 saturated carbocycles. The van der Waals surface area contributed by atoms with Crippen LogP contribution in [-0.2, 0) is 0 Å². The number of rotatable bonds is 6. The predicted octanol–water partition coefficient (Wildman–Crippen LogP) is 4.71. The Labute approximate surface area is 164 Å². The Hall–Kier alpha value is -3.54. The molecule has 0 spiro atoms. The van der Waals surface area contributed by atoms with Crippen molar-refractivity contribution in [1.29, 1.82) is 0 Å². The van der Waals surface area contributed by atoms with Crippen LogP contribution < -0.4 is 20.1 Å². The Morgan fingerprint density at radius 3 is 2.32 bits per heavy atom. The monoisotopic (exact) mass is 377 g/mol. The molecule has 0 bridgehead atoms. The molecule has 0 aliphatic rings. The molecule has 6 nitrogen and oxygen atoms in total. The molecule has 144 valence electrons. The first-order valence-corrected chi connectivity index (χ1v) is 8.84. The number of aryl methyl sites for hydroxylation is 2. The molecule has 0 atom stereocenters. The van der Waals surface area contributed by atoms with Gasteiger partial charge in [-0.2, -0.15) is 0 Å². The average Bonchev–Trinajstić information content (AvgIpc) is 2.71. The molecule has 3 aromatic rings. The summed E-state index contributed by atoms with van der Waals surface area (Å²) in [5.74, 6) is 1.61. The molecule has 28 heavy (non-hydrogen) atoms. The number of anilines is 3. The maximum Gasteiger partial charge on any atom is 0.255 e. The van der Waals surface area contributed by atoms with E-state index in [2.05, 4.69) is 15.6 Å². The average molecular weight is 377 g/mol. The number of methoxy groups -OCH3 is 2. The van der Waals surface area contributed by atoms with Crippen molar-refractivity contribution < 1.29 is 14.3 Å². The minimum atomic E-state index is -0.194. The van der Waals surface area contributed by atoms with Crippen LogP contribution in [0.3, 0.4) is 0 Å². The summed E-state index contributed by atoms with van der Waals surface area (Å²) in [6.45, 7) is 4.05. The van der Waals surface area contributed by atoms with Gasteiger partial charge in [0.15, 0.2) is 11.5 Å². The molecule has 0 unspecified atom stereocenters. The number of benzene rings is 2. The first-order valence-electron chi connectivity index (χ1n) is 8.84. The van der Waals surface area contributed by atoms with Gasteiger partial charge in [0.2, 0.25) is 0 Å². The predicted molar refractivity (Wildman–Crippen MR) is 111 cm³/mol. The van der Waals surface area contributed by atoms with Gasteiger partial charge in [-0.1, -0.05) is 6.07 Å². The summed E-state index contributed by atoms with van der Waals surface area (Å²) in [4.78, 5) is 16.9.